The molecular formula is C25H26ClFN6O2. The largest absolute Gasteiger partial charge is 0.382 e. The quantitative estimate of drug-likeness (QED) is 0.415. The highest BCUT2D eigenvalue weighted by Gasteiger charge is 2.20. The number of nitrogens with two attached hydrogens (primary N) is 1. The molecule has 0 saturated carbocycles. The fraction of sp³-hybridized carbons (Fsp3) is 0.280. The molecule has 0 bridgehead atoms. The third kappa shape index (κ3) is 6.12. The van der Waals surface area contributed by atoms with Crippen LogP contribution in [0.4, 0.5) is 10.2 Å². The number of nitrogen functional groups attached to an aromatic ring is 1. The van der Waals surface area contributed by atoms with Crippen molar-refractivity contribution in [3.05, 3.63) is 76.3 Å². The Hall–Kier alpha value is -3.56. The number of rotatable bonds is 6. The summed E-state index contributed by atoms with van der Waals surface area (Å²) in [6, 6.07) is 11.0. The number of benzene rings is 2. The highest BCUT2D eigenvalue weighted by atomic mass is 35.5. The number of halogens is 2. The van der Waals surface area contributed by atoms with Crippen LogP contribution in [0, 0.1) is 5.82 Å². The van der Waals surface area contributed by atoms with Gasteiger partial charge in [0, 0.05) is 40.8 Å². The molecule has 0 radical (unpaired) electrons. The Morgan fingerprint density at radius 2 is 2.00 bits per heavy atom. The summed E-state index contributed by atoms with van der Waals surface area (Å²) in [7, 11) is 0. The van der Waals surface area contributed by atoms with Crippen LogP contribution in [0.3, 0.4) is 0 Å². The van der Waals surface area contributed by atoms with Crippen molar-refractivity contribution in [3.63, 3.8) is 0 Å². The number of nitrogens with one attached hydrogen (secondary N) is 3. The van der Waals surface area contributed by atoms with Crippen LogP contribution in [-0.2, 0) is 6.54 Å². The highest BCUT2D eigenvalue weighted by molar-refractivity contribution is 6.31. The van der Waals surface area contributed by atoms with Crippen molar-refractivity contribution in [2.45, 2.75) is 31.8 Å². The molecule has 1 saturated heterocycles. The maximum absolute atomic E-state index is 14.0. The topological polar surface area (TPSA) is 122 Å². The van der Waals surface area contributed by atoms with E-state index in [1.54, 1.807) is 30.3 Å². The first-order valence-corrected chi connectivity index (χ1v) is 11.8. The molecule has 0 unspecified atom stereocenters. The molecule has 2 heterocycles. The zero-order chi connectivity index (χ0) is 24.8. The average molecular weight is 497 g/mol. The number of carbonyl (C=O) groups is 2. The molecule has 3 aromatic rings. The van der Waals surface area contributed by atoms with E-state index in [4.69, 9.17) is 17.3 Å². The van der Waals surface area contributed by atoms with Crippen LogP contribution in [0.1, 0.15) is 45.7 Å². The average Bonchev–Trinajstić information content (AvgIpc) is 3.12. The first kappa shape index (κ1) is 24.6. The van der Waals surface area contributed by atoms with Gasteiger partial charge >= 0.3 is 0 Å². The number of carbonyl (C=O) groups excluding carboxylic acids is 2. The van der Waals surface area contributed by atoms with Crippen molar-refractivity contribution in [3.8, 4) is 11.3 Å². The molecule has 8 nitrogen and oxygen atoms in total. The maximum atomic E-state index is 14.0. The van der Waals surface area contributed by atoms with E-state index in [1.807, 2.05) is 0 Å². The van der Waals surface area contributed by atoms with Crippen LogP contribution < -0.4 is 21.7 Å². The summed E-state index contributed by atoms with van der Waals surface area (Å²) in [5.74, 6) is -1.26. The summed E-state index contributed by atoms with van der Waals surface area (Å²) in [6.45, 7) is 1.56. The van der Waals surface area contributed by atoms with Crippen molar-refractivity contribution in [2.75, 3.05) is 18.8 Å². The van der Waals surface area contributed by atoms with E-state index in [0.29, 0.717) is 23.4 Å². The molecule has 1 atom stereocenters. The highest BCUT2D eigenvalue weighted by Crippen LogP contribution is 2.21. The summed E-state index contributed by atoms with van der Waals surface area (Å²) in [6.07, 6.45) is 4.43. The van der Waals surface area contributed by atoms with E-state index in [1.165, 1.54) is 18.3 Å². The third-order valence-electron chi connectivity index (χ3n) is 5.81. The predicted octanol–water partition coefficient (Wildman–Crippen LogP) is 3.32. The molecule has 10 heteroatoms. The molecular weight excluding hydrogens is 471 g/mol. The van der Waals surface area contributed by atoms with E-state index in [9.17, 15) is 14.0 Å². The van der Waals surface area contributed by atoms with Gasteiger partial charge in [-0.2, -0.15) is 0 Å². The third-order valence-corrected chi connectivity index (χ3v) is 6.16. The fourth-order valence-electron chi connectivity index (χ4n) is 3.89. The van der Waals surface area contributed by atoms with E-state index in [-0.39, 0.29) is 40.6 Å². The monoisotopic (exact) mass is 496 g/mol. The second-order valence-electron chi connectivity index (χ2n) is 8.32. The summed E-state index contributed by atoms with van der Waals surface area (Å²) >= 11 is 6.03. The Labute approximate surface area is 207 Å². The predicted molar refractivity (Wildman–Crippen MR) is 132 cm³/mol. The normalized spacial score (nSPS) is 15.8. The minimum Gasteiger partial charge on any atom is -0.382 e. The van der Waals surface area contributed by atoms with E-state index >= 15 is 0 Å². The summed E-state index contributed by atoms with van der Waals surface area (Å²) in [5, 5.41) is 9.19. The smallest absolute Gasteiger partial charge is 0.274 e. The molecule has 0 spiro atoms. The van der Waals surface area contributed by atoms with Gasteiger partial charge in [-0.05, 0) is 43.7 Å². The number of nitrogens with zero attached hydrogens (tertiary/aromatic N) is 2. The zero-order valence-corrected chi connectivity index (χ0v) is 19.7. The van der Waals surface area contributed by atoms with Crippen LogP contribution in [0.25, 0.3) is 11.3 Å². The Kier molecular flexibility index (Phi) is 7.89. The molecule has 2 aromatic carbocycles. The van der Waals surface area contributed by atoms with E-state index < -0.39 is 11.7 Å². The van der Waals surface area contributed by atoms with E-state index in [0.717, 1.165) is 25.8 Å². The van der Waals surface area contributed by atoms with Crippen molar-refractivity contribution < 1.29 is 14.0 Å². The number of amides is 2. The molecule has 1 fully saturated rings. The van der Waals surface area contributed by atoms with Gasteiger partial charge in [0.25, 0.3) is 11.8 Å². The minimum atomic E-state index is -0.492. The zero-order valence-electron chi connectivity index (χ0n) is 19.0. The molecule has 5 N–H and O–H groups in total. The van der Waals surface area contributed by atoms with Gasteiger partial charge in [-0.25, -0.2) is 14.4 Å². The Morgan fingerprint density at radius 3 is 2.83 bits per heavy atom. The van der Waals surface area contributed by atoms with Gasteiger partial charge in [0.2, 0.25) is 0 Å². The minimum absolute atomic E-state index is 0.00941. The maximum Gasteiger partial charge on any atom is 0.274 e. The number of hydrogen-bond acceptors (Lipinski definition) is 6. The van der Waals surface area contributed by atoms with Gasteiger partial charge in [-0.15, -0.1) is 0 Å². The van der Waals surface area contributed by atoms with Crippen LogP contribution in [0.5, 0.6) is 0 Å². The van der Waals surface area contributed by atoms with Gasteiger partial charge in [0.1, 0.15) is 5.82 Å². The standard InChI is InChI=1S/C25H26ClFN6O2/c26-19-8-4-9-20(27)18(19)13-31-24(34)16-6-3-5-15(11-16)21-14-30-23(28)22(33-21)25(35)32-17-7-1-2-10-29-12-17/h3-6,8-9,11,14,17,29H,1-2,7,10,12-13H2,(H2,28,30)(H,31,34)(H,32,35)/t17-/m0/s1. The van der Waals surface area contributed by atoms with E-state index in [2.05, 4.69) is 25.9 Å². The fourth-order valence-corrected chi connectivity index (χ4v) is 4.12. The van der Waals surface area contributed by atoms with Gasteiger partial charge < -0.3 is 21.7 Å². The molecule has 2 amide bonds. The number of aromatic nitrogens is 2. The lowest BCUT2D eigenvalue weighted by atomic mass is 10.1. The molecule has 1 aromatic heterocycles. The SMILES string of the molecule is Nc1ncc(-c2cccc(C(=O)NCc3c(F)cccc3Cl)c2)nc1C(=O)N[C@H]1CCCCNC1. The summed E-state index contributed by atoms with van der Waals surface area (Å²) in [4.78, 5) is 34.1. The molecule has 182 valence electrons. The Balaban J connectivity index is 1.49. The molecule has 4 rings (SSSR count). The van der Waals surface area contributed by atoms with Crippen LogP contribution in [0.2, 0.25) is 5.02 Å². The second-order valence-corrected chi connectivity index (χ2v) is 8.73. The van der Waals surface area contributed by atoms with Crippen molar-refractivity contribution in [1.29, 1.82) is 0 Å². The molecule has 1 aliphatic rings. The first-order valence-electron chi connectivity index (χ1n) is 11.4. The Morgan fingerprint density at radius 1 is 1.17 bits per heavy atom. The van der Waals surface area contributed by atoms with Crippen molar-refractivity contribution in [1.82, 2.24) is 25.9 Å². The van der Waals surface area contributed by atoms with Gasteiger partial charge in [-0.1, -0.05) is 36.2 Å². The van der Waals surface area contributed by atoms with Gasteiger partial charge in [0.05, 0.1) is 11.9 Å². The summed E-state index contributed by atoms with van der Waals surface area (Å²) < 4.78 is 14.0. The molecule has 35 heavy (non-hydrogen) atoms. The van der Waals surface area contributed by atoms with Crippen LogP contribution in [-0.4, -0.2) is 40.9 Å². The lowest BCUT2D eigenvalue weighted by molar-refractivity contribution is 0.0928. The van der Waals surface area contributed by atoms with Crippen LogP contribution >= 0.6 is 11.6 Å². The summed E-state index contributed by atoms with van der Waals surface area (Å²) in [5.41, 5.74) is 7.51. The molecule has 0 aliphatic carbocycles. The van der Waals surface area contributed by atoms with Gasteiger partial charge in [0.15, 0.2) is 11.5 Å². The Bertz CT molecular complexity index is 1210. The second kappa shape index (κ2) is 11.2. The number of anilines is 1. The van der Waals surface area contributed by atoms with Gasteiger partial charge in [-0.3, -0.25) is 9.59 Å². The lowest BCUT2D eigenvalue weighted by Crippen LogP contribution is -2.41. The number of hydrogen-bond donors (Lipinski definition) is 4. The molecule has 1 aliphatic heterocycles. The van der Waals surface area contributed by atoms with Crippen molar-refractivity contribution >= 4 is 29.2 Å². The van der Waals surface area contributed by atoms with Crippen molar-refractivity contribution in [2.24, 2.45) is 0 Å². The lowest BCUT2D eigenvalue weighted by Gasteiger charge is -2.16. The van der Waals surface area contributed by atoms with Crippen LogP contribution in [0.15, 0.2) is 48.7 Å². The first-order chi connectivity index (χ1) is 16.9.